The van der Waals surface area contributed by atoms with Gasteiger partial charge < -0.3 is 11.1 Å². The van der Waals surface area contributed by atoms with E-state index >= 15 is 0 Å². The van der Waals surface area contributed by atoms with Crippen LogP contribution in [0.25, 0.3) is 0 Å². The molecule has 1 amide bonds. The third-order valence-corrected chi connectivity index (χ3v) is 4.04. The van der Waals surface area contributed by atoms with Crippen LogP contribution in [0, 0.1) is 0 Å². The van der Waals surface area contributed by atoms with Crippen molar-refractivity contribution in [3.05, 3.63) is 23.2 Å². The number of carbonyl (C=O) groups is 1. The molecule has 1 unspecified atom stereocenters. The van der Waals surface area contributed by atoms with Crippen LogP contribution in [0.5, 0.6) is 0 Å². The summed E-state index contributed by atoms with van der Waals surface area (Å²) in [5.74, 6) is -0.248. The molecule has 0 spiro atoms. The molecule has 0 aliphatic heterocycles. The smallest absolute Gasteiger partial charge is 0.233 e. The van der Waals surface area contributed by atoms with Crippen molar-refractivity contribution in [3.63, 3.8) is 0 Å². The number of amides is 1. The molecule has 3 N–H and O–H groups in total. The molecule has 0 aromatic heterocycles. The van der Waals surface area contributed by atoms with Gasteiger partial charge in [-0.25, -0.2) is 0 Å². The zero-order valence-corrected chi connectivity index (χ0v) is 10.7. The van der Waals surface area contributed by atoms with Gasteiger partial charge in [0.1, 0.15) is 5.75 Å². The molecule has 0 radical (unpaired) electrons. The number of rotatable bonds is 4. The van der Waals surface area contributed by atoms with E-state index < -0.39 is 10.8 Å². The summed E-state index contributed by atoms with van der Waals surface area (Å²) in [5.41, 5.74) is 6.06. The third kappa shape index (κ3) is 3.44. The Hall–Kier alpha value is -1.07. The molecule has 0 heterocycles. The van der Waals surface area contributed by atoms with Gasteiger partial charge in [0.15, 0.2) is 0 Å². The first-order valence-electron chi connectivity index (χ1n) is 5.29. The van der Waals surface area contributed by atoms with Crippen molar-refractivity contribution in [3.8, 4) is 0 Å². The highest BCUT2D eigenvalue weighted by atomic mass is 35.5. The van der Waals surface area contributed by atoms with Gasteiger partial charge in [-0.15, -0.1) is 0 Å². The van der Waals surface area contributed by atoms with Crippen LogP contribution in [0.2, 0.25) is 5.02 Å². The number of carbonyl (C=O) groups excluding carboxylic acids is 1. The van der Waals surface area contributed by atoms with Crippen LogP contribution in [0.1, 0.15) is 12.8 Å². The second kappa shape index (κ2) is 5.06. The van der Waals surface area contributed by atoms with Crippen LogP contribution in [0.3, 0.4) is 0 Å². The highest BCUT2D eigenvalue weighted by Crippen LogP contribution is 2.22. The Labute approximate surface area is 107 Å². The molecule has 17 heavy (non-hydrogen) atoms. The molecule has 92 valence electrons. The number of halogens is 1. The van der Waals surface area contributed by atoms with Crippen molar-refractivity contribution >= 4 is 34.0 Å². The minimum absolute atomic E-state index is 0.0532. The van der Waals surface area contributed by atoms with Crippen molar-refractivity contribution < 1.29 is 9.00 Å². The first-order chi connectivity index (χ1) is 8.06. The Bertz CT molecular complexity index is 475. The van der Waals surface area contributed by atoms with Gasteiger partial charge in [-0.1, -0.05) is 11.6 Å². The summed E-state index contributed by atoms with van der Waals surface area (Å²) < 4.78 is 11.9. The summed E-state index contributed by atoms with van der Waals surface area (Å²) in [5, 5.41) is 3.28. The van der Waals surface area contributed by atoms with E-state index in [4.69, 9.17) is 17.3 Å². The lowest BCUT2D eigenvalue weighted by atomic mass is 10.3. The summed E-state index contributed by atoms with van der Waals surface area (Å²) in [6.07, 6.45) is 2.03. The van der Waals surface area contributed by atoms with Crippen LogP contribution in [0.15, 0.2) is 23.1 Å². The second-order valence-electron chi connectivity index (χ2n) is 4.01. The number of hydrogen-bond acceptors (Lipinski definition) is 3. The SMILES string of the molecule is Nc1cc(Cl)ccc1S(=O)CC(=O)NC1CC1. The fraction of sp³-hybridized carbons (Fsp3) is 0.364. The van der Waals surface area contributed by atoms with Gasteiger partial charge in [0.2, 0.25) is 5.91 Å². The van der Waals surface area contributed by atoms with Crippen LogP contribution in [-0.4, -0.2) is 21.9 Å². The molecule has 1 aromatic carbocycles. The van der Waals surface area contributed by atoms with Crippen LogP contribution in [-0.2, 0) is 15.6 Å². The van der Waals surface area contributed by atoms with Crippen molar-refractivity contribution in [2.45, 2.75) is 23.8 Å². The predicted octanol–water partition coefficient (Wildman–Crippen LogP) is 1.31. The molecular formula is C11H13ClN2O2S. The number of nitrogens with two attached hydrogens (primary N) is 1. The quantitative estimate of drug-likeness (QED) is 0.812. The molecular weight excluding hydrogens is 260 g/mol. The van der Waals surface area contributed by atoms with E-state index in [1.54, 1.807) is 12.1 Å². The molecule has 0 bridgehead atoms. The minimum atomic E-state index is -1.42. The molecule has 1 fully saturated rings. The molecule has 1 saturated carbocycles. The van der Waals surface area contributed by atoms with Gasteiger partial charge in [0, 0.05) is 16.8 Å². The lowest BCUT2D eigenvalue weighted by Gasteiger charge is -2.06. The van der Waals surface area contributed by atoms with Crippen molar-refractivity contribution in [1.82, 2.24) is 5.32 Å². The van der Waals surface area contributed by atoms with Crippen molar-refractivity contribution in [2.24, 2.45) is 0 Å². The van der Waals surface area contributed by atoms with Crippen molar-refractivity contribution in [2.75, 3.05) is 11.5 Å². The zero-order valence-electron chi connectivity index (χ0n) is 9.11. The maximum Gasteiger partial charge on any atom is 0.233 e. The molecule has 1 aliphatic carbocycles. The Kier molecular flexibility index (Phi) is 3.69. The number of hydrogen-bond donors (Lipinski definition) is 2. The molecule has 0 saturated heterocycles. The second-order valence-corrected chi connectivity index (χ2v) is 5.87. The topological polar surface area (TPSA) is 72.2 Å². The lowest BCUT2D eigenvalue weighted by molar-refractivity contribution is -0.118. The molecule has 1 aliphatic rings. The number of nitrogens with one attached hydrogen (secondary N) is 1. The monoisotopic (exact) mass is 272 g/mol. The molecule has 2 rings (SSSR count). The van der Waals surface area contributed by atoms with E-state index in [2.05, 4.69) is 5.32 Å². The maximum absolute atomic E-state index is 11.9. The summed E-state index contributed by atoms with van der Waals surface area (Å²) >= 11 is 5.75. The molecule has 4 nitrogen and oxygen atoms in total. The molecule has 1 aromatic rings. The fourth-order valence-electron chi connectivity index (χ4n) is 1.42. The summed E-state index contributed by atoms with van der Waals surface area (Å²) in [4.78, 5) is 11.9. The van der Waals surface area contributed by atoms with E-state index in [9.17, 15) is 9.00 Å². The zero-order chi connectivity index (χ0) is 12.4. The van der Waals surface area contributed by atoms with Crippen LogP contribution >= 0.6 is 11.6 Å². The van der Waals surface area contributed by atoms with E-state index in [1.807, 2.05) is 0 Å². The molecule has 1 atom stereocenters. The van der Waals surface area contributed by atoms with Crippen LogP contribution < -0.4 is 11.1 Å². The Morgan fingerprint density at radius 2 is 2.24 bits per heavy atom. The number of benzene rings is 1. The lowest BCUT2D eigenvalue weighted by Crippen LogP contribution is -2.30. The first-order valence-corrected chi connectivity index (χ1v) is 6.98. The van der Waals surface area contributed by atoms with Crippen LogP contribution in [0.4, 0.5) is 5.69 Å². The third-order valence-electron chi connectivity index (χ3n) is 2.42. The van der Waals surface area contributed by atoms with Gasteiger partial charge >= 0.3 is 0 Å². The minimum Gasteiger partial charge on any atom is -0.398 e. The Morgan fingerprint density at radius 3 is 2.82 bits per heavy atom. The van der Waals surface area contributed by atoms with Gasteiger partial charge in [-0.2, -0.15) is 0 Å². The van der Waals surface area contributed by atoms with Gasteiger partial charge in [-0.3, -0.25) is 9.00 Å². The van der Waals surface area contributed by atoms with Gasteiger partial charge in [-0.05, 0) is 31.0 Å². The highest BCUT2D eigenvalue weighted by molar-refractivity contribution is 7.86. The maximum atomic E-state index is 11.9. The predicted molar refractivity (Wildman–Crippen MR) is 68.3 cm³/mol. The Balaban J connectivity index is 2.00. The van der Waals surface area contributed by atoms with Crippen molar-refractivity contribution in [1.29, 1.82) is 0 Å². The van der Waals surface area contributed by atoms with Gasteiger partial charge in [0.25, 0.3) is 0 Å². The normalized spacial score (nSPS) is 16.5. The largest absolute Gasteiger partial charge is 0.398 e. The summed E-state index contributed by atoms with van der Waals surface area (Å²) in [6, 6.07) is 5.03. The number of anilines is 1. The fourth-order valence-corrected chi connectivity index (χ4v) is 2.62. The highest BCUT2D eigenvalue weighted by Gasteiger charge is 2.24. The summed E-state index contributed by atoms with van der Waals surface area (Å²) in [6.45, 7) is 0. The Morgan fingerprint density at radius 1 is 1.53 bits per heavy atom. The first kappa shape index (κ1) is 12.4. The van der Waals surface area contributed by atoms with E-state index in [-0.39, 0.29) is 17.7 Å². The summed E-state index contributed by atoms with van der Waals surface area (Å²) in [7, 11) is -1.42. The average Bonchev–Trinajstić information content (AvgIpc) is 3.00. The standard InChI is InChI=1S/C11H13ClN2O2S/c12-7-1-4-10(9(13)5-7)17(16)6-11(15)14-8-2-3-8/h1,4-5,8H,2-3,6,13H2,(H,14,15). The van der Waals surface area contributed by atoms with Gasteiger partial charge in [0.05, 0.1) is 15.7 Å². The van der Waals surface area contributed by atoms with E-state index in [1.165, 1.54) is 6.07 Å². The molecule has 6 heteroatoms. The number of nitrogen functional groups attached to an aromatic ring is 1. The van der Waals surface area contributed by atoms with E-state index in [0.29, 0.717) is 15.6 Å². The average molecular weight is 273 g/mol. The van der Waals surface area contributed by atoms with E-state index in [0.717, 1.165) is 12.8 Å².